The molecule has 26 heavy (non-hydrogen) atoms. The highest BCUT2D eigenvalue weighted by atomic mass is 16.3. The summed E-state index contributed by atoms with van der Waals surface area (Å²) in [5.41, 5.74) is 5.01. The van der Waals surface area contributed by atoms with Crippen molar-refractivity contribution < 1.29 is 9.21 Å². The van der Waals surface area contributed by atoms with Crippen LogP contribution in [-0.2, 0) is 6.42 Å². The molecule has 0 fully saturated rings. The average Bonchev–Trinajstić information content (AvgIpc) is 3.24. The molecule has 0 spiro atoms. The van der Waals surface area contributed by atoms with Crippen molar-refractivity contribution in [3.05, 3.63) is 66.4 Å². The summed E-state index contributed by atoms with van der Waals surface area (Å²) in [6.45, 7) is 0. The van der Waals surface area contributed by atoms with Gasteiger partial charge >= 0.3 is 0 Å². The molecule has 0 bridgehead atoms. The zero-order valence-corrected chi connectivity index (χ0v) is 13.8. The Balaban J connectivity index is 1.63. The van der Waals surface area contributed by atoms with Crippen molar-refractivity contribution >= 4 is 28.1 Å². The minimum absolute atomic E-state index is 0.216. The maximum Gasteiger partial charge on any atom is 0.177 e. The molecule has 6 heteroatoms. The molecular weight excluding hydrogens is 328 g/mol. The Bertz CT molecular complexity index is 1140. The van der Waals surface area contributed by atoms with E-state index in [-0.39, 0.29) is 5.78 Å². The number of rotatable bonds is 3. The van der Waals surface area contributed by atoms with Crippen LogP contribution in [0.25, 0.3) is 22.4 Å². The SMILES string of the molecule is O=C1CCc2cc(Nc3c(-c4ccncn4)oc4cnccc34)ccc21. The molecule has 6 nitrogen and oxygen atoms in total. The van der Waals surface area contributed by atoms with E-state index in [9.17, 15) is 4.79 Å². The lowest BCUT2D eigenvalue weighted by Gasteiger charge is -2.09. The zero-order chi connectivity index (χ0) is 17.5. The van der Waals surface area contributed by atoms with Crippen molar-refractivity contribution in [3.63, 3.8) is 0 Å². The third-order valence-electron chi connectivity index (χ3n) is 4.60. The van der Waals surface area contributed by atoms with Gasteiger partial charge in [-0.1, -0.05) is 0 Å². The van der Waals surface area contributed by atoms with Crippen molar-refractivity contribution in [2.24, 2.45) is 0 Å². The van der Waals surface area contributed by atoms with E-state index in [1.165, 1.54) is 6.33 Å². The predicted molar refractivity (Wildman–Crippen MR) is 97.4 cm³/mol. The second-order valence-corrected chi connectivity index (χ2v) is 6.19. The van der Waals surface area contributed by atoms with Crippen molar-refractivity contribution in [1.82, 2.24) is 15.0 Å². The van der Waals surface area contributed by atoms with Crippen LogP contribution in [0.15, 0.2) is 59.7 Å². The van der Waals surface area contributed by atoms with E-state index < -0.39 is 0 Å². The highest BCUT2D eigenvalue weighted by Gasteiger charge is 2.21. The van der Waals surface area contributed by atoms with Crippen LogP contribution >= 0.6 is 0 Å². The average molecular weight is 342 g/mol. The second-order valence-electron chi connectivity index (χ2n) is 6.19. The molecule has 1 aliphatic carbocycles. The standard InChI is InChI=1S/C20H14N4O2/c25-17-4-1-12-9-13(2-3-14(12)17)24-19-15-5-7-21-10-18(15)26-20(19)16-6-8-22-11-23-16/h2-3,5-11,24H,1,4H2. The fourth-order valence-electron chi connectivity index (χ4n) is 3.36. The van der Waals surface area contributed by atoms with E-state index in [4.69, 9.17) is 4.42 Å². The summed E-state index contributed by atoms with van der Waals surface area (Å²) in [6, 6.07) is 9.55. The summed E-state index contributed by atoms with van der Waals surface area (Å²) in [6.07, 6.45) is 7.97. The van der Waals surface area contributed by atoms with Gasteiger partial charge in [0.05, 0.1) is 11.9 Å². The van der Waals surface area contributed by atoms with Gasteiger partial charge in [0.25, 0.3) is 0 Å². The topological polar surface area (TPSA) is 80.9 Å². The number of aryl methyl sites for hydroxylation is 1. The summed E-state index contributed by atoms with van der Waals surface area (Å²) in [4.78, 5) is 24.3. The Labute approximate surface area is 148 Å². The van der Waals surface area contributed by atoms with Crippen LogP contribution in [0.3, 0.4) is 0 Å². The summed E-state index contributed by atoms with van der Waals surface area (Å²) >= 11 is 0. The number of anilines is 2. The van der Waals surface area contributed by atoms with Gasteiger partial charge in [-0.2, -0.15) is 0 Å². The maximum absolute atomic E-state index is 11.9. The highest BCUT2D eigenvalue weighted by Crippen LogP contribution is 2.39. The Morgan fingerprint density at radius 2 is 1.96 bits per heavy atom. The summed E-state index contributed by atoms with van der Waals surface area (Å²) in [7, 11) is 0. The fraction of sp³-hybridized carbons (Fsp3) is 0.100. The Hall–Kier alpha value is -3.54. The molecule has 0 radical (unpaired) electrons. The second kappa shape index (κ2) is 5.77. The van der Waals surface area contributed by atoms with E-state index in [1.54, 1.807) is 24.7 Å². The molecule has 0 atom stereocenters. The van der Waals surface area contributed by atoms with Crippen LogP contribution in [-0.4, -0.2) is 20.7 Å². The summed E-state index contributed by atoms with van der Waals surface area (Å²) < 4.78 is 6.00. The molecule has 4 aromatic rings. The van der Waals surface area contributed by atoms with E-state index in [0.717, 1.165) is 34.3 Å². The lowest BCUT2D eigenvalue weighted by atomic mass is 10.1. The van der Waals surface area contributed by atoms with Gasteiger partial charge in [-0.05, 0) is 42.3 Å². The number of carbonyl (C=O) groups excluding carboxylic acids is 1. The van der Waals surface area contributed by atoms with Gasteiger partial charge in [0, 0.05) is 35.5 Å². The molecule has 1 N–H and O–H groups in total. The first-order chi connectivity index (χ1) is 12.8. The van der Waals surface area contributed by atoms with Crippen LogP contribution < -0.4 is 5.32 Å². The summed E-state index contributed by atoms with van der Waals surface area (Å²) in [5, 5.41) is 4.37. The van der Waals surface area contributed by atoms with Gasteiger partial charge in [-0.15, -0.1) is 0 Å². The van der Waals surface area contributed by atoms with Gasteiger partial charge in [0.2, 0.25) is 0 Å². The first-order valence-corrected chi connectivity index (χ1v) is 8.35. The van der Waals surface area contributed by atoms with Crippen LogP contribution in [0.1, 0.15) is 22.3 Å². The van der Waals surface area contributed by atoms with Gasteiger partial charge < -0.3 is 9.73 Å². The number of Topliss-reactive ketones (excluding diaryl/α,β-unsaturated/α-hetero) is 1. The molecule has 3 heterocycles. The number of fused-ring (bicyclic) bond motifs is 2. The first-order valence-electron chi connectivity index (χ1n) is 8.35. The molecule has 0 saturated carbocycles. The number of ketones is 1. The van der Waals surface area contributed by atoms with E-state index >= 15 is 0 Å². The Morgan fingerprint density at radius 3 is 2.85 bits per heavy atom. The van der Waals surface area contributed by atoms with E-state index in [1.807, 2.05) is 24.3 Å². The van der Waals surface area contributed by atoms with Crippen molar-refractivity contribution in [2.75, 3.05) is 5.32 Å². The Kier molecular flexibility index (Phi) is 3.28. The molecular formula is C20H14N4O2. The maximum atomic E-state index is 11.9. The van der Waals surface area contributed by atoms with E-state index in [2.05, 4.69) is 20.3 Å². The van der Waals surface area contributed by atoms with Crippen molar-refractivity contribution in [1.29, 1.82) is 0 Å². The van der Waals surface area contributed by atoms with Crippen LogP contribution in [0, 0.1) is 0 Å². The van der Waals surface area contributed by atoms with Crippen LogP contribution in [0.4, 0.5) is 11.4 Å². The lowest BCUT2D eigenvalue weighted by Crippen LogP contribution is -1.95. The van der Waals surface area contributed by atoms with Crippen LogP contribution in [0.2, 0.25) is 0 Å². The minimum atomic E-state index is 0.216. The van der Waals surface area contributed by atoms with Crippen LogP contribution in [0.5, 0.6) is 0 Å². The monoisotopic (exact) mass is 342 g/mol. The normalized spacial score (nSPS) is 13.2. The fourth-order valence-corrected chi connectivity index (χ4v) is 3.36. The first kappa shape index (κ1) is 14.8. The van der Waals surface area contributed by atoms with Gasteiger partial charge in [0.1, 0.15) is 12.0 Å². The highest BCUT2D eigenvalue weighted by molar-refractivity contribution is 6.02. The Morgan fingerprint density at radius 1 is 1.04 bits per heavy atom. The largest absolute Gasteiger partial charge is 0.451 e. The number of benzene rings is 1. The molecule has 1 aliphatic rings. The predicted octanol–water partition coefficient (Wildman–Crippen LogP) is 4.16. The smallest absolute Gasteiger partial charge is 0.177 e. The lowest BCUT2D eigenvalue weighted by molar-refractivity contribution is 0.0994. The van der Waals surface area contributed by atoms with Gasteiger partial charge in [-0.25, -0.2) is 9.97 Å². The summed E-state index contributed by atoms with van der Waals surface area (Å²) in [5.74, 6) is 0.847. The quantitative estimate of drug-likeness (QED) is 0.602. The molecule has 0 amide bonds. The van der Waals surface area contributed by atoms with Crippen molar-refractivity contribution in [2.45, 2.75) is 12.8 Å². The number of nitrogens with one attached hydrogen (secondary N) is 1. The molecule has 0 unspecified atom stereocenters. The number of carbonyl (C=O) groups is 1. The molecule has 0 saturated heterocycles. The van der Waals surface area contributed by atoms with Gasteiger partial charge in [-0.3, -0.25) is 9.78 Å². The third kappa shape index (κ3) is 2.35. The molecule has 3 aromatic heterocycles. The number of aromatic nitrogens is 3. The number of hydrogen-bond acceptors (Lipinski definition) is 6. The number of hydrogen-bond donors (Lipinski definition) is 1. The zero-order valence-electron chi connectivity index (χ0n) is 13.8. The minimum Gasteiger partial charge on any atom is -0.451 e. The molecule has 0 aliphatic heterocycles. The molecule has 5 rings (SSSR count). The molecule has 1 aromatic carbocycles. The van der Waals surface area contributed by atoms with E-state index in [0.29, 0.717) is 23.5 Å². The van der Waals surface area contributed by atoms with Crippen molar-refractivity contribution in [3.8, 4) is 11.5 Å². The number of pyridine rings is 1. The third-order valence-corrected chi connectivity index (χ3v) is 4.60. The number of nitrogens with zero attached hydrogens (tertiary/aromatic N) is 3. The molecule has 126 valence electrons. The van der Waals surface area contributed by atoms with Gasteiger partial charge in [0.15, 0.2) is 17.1 Å². The number of furan rings is 1.